The molecule has 1 aliphatic rings. The molecular formula is C19H20ClN3O3S. The van der Waals surface area contributed by atoms with Gasteiger partial charge in [0.25, 0.3) is 0 Å². The molecule has 1 heterocycles. The number of nitrogens with one attached hydrogen (secondary N) is 1. The minimum Gasteiger partial charge on any atom is -0.273 e. The third kappa shape index (κ3) is 4.94. The number of sulfonamides is 1. The van der Waals surface area contributed by atoms with E-state index in [-0.39, 0.29) is 16.7 Å². The van der Waals surface area contributed by atoms with Gasteiger partial charge in [-0.15, -0.1) is 0 Å². The zero-order valence-electron chi connectivity index (χ0n) is 14.6. The van der Waals surface area contributed by atoms with E-state index in [4.69, 9.17) is 11.6 Å². The number of hydrogen-bond acceptors (Lipinski definition) is 4. The molecule has 2 aromatic carbocycles. The van der Waals surface area contributed by atoms with Crippen molar-refractivity contribution in [3.63, 3.8) is 0 Å². The minimum atomic E-state index is -3.51. The van der Waals surface area contributed by atoms with Crippen LogP contribution in [0.3, 0.4) is 0 Å². The van der Waals surface area contributed by atoms with Crippen LogP contribution in [0.2, 0.25) is 5.02 Å². The lowest BCUT2D eigenvalue weighted by Crippen LogP contribution is -2.42. The first-order chi connectivity index (χ1) is 13.0. The Morgan fingerprint density at radius 1 is 1.11 bits per heavy atom. The summed E-state index contributed by atoms with van der Waals surface area (Å²) in [5.41, 5.74) is 3.31. The number of hydrogen-bond donors (Lipinski definition) is 1. The van der Waals surface area contributed by atoms with Gasteiger partial charge in [-0.3, -0.25) is 4.79 Å². The predicted octanol–water partition coefficient (Wildman–Crippen LogP) is 2.89. The van der Waals surface area contributed by atoms with Gasteiger partial charge in [-0.25, -0.2) is 13.8 Å². The quantitative estimate of drug-likeness (QED) is 0.613. The number of piperidine rings is 1. The maximum atomic E-state index is 12.6. The molecule has 1 amide bonds. The van der Waals surface area contributed by atoms with E-state index in [2.05, 4.69) is 10.5 Å². The summed E-state index contributed by atoms with van der Waals surface area (Å²) in [5, 5.41) is 4.55. The first-order valence-electron chi connectivity index (χ1n) is 8.60. The Balaban J connectivity index is 1.53. The number of rotatable bonds is 5. The maximum Gasteiger partial charge on any atom is 0.243 e. The molecular weight excluding hydrogens is 386 g/mol. The molecule has 6 nitrogen and oxygen atoms in total. The van der Waals surface area contributed by atoms with Crippen molar-refractivity contribution in [3.05, 3.63) is 65.2 Å². The molecule has 0 atom stereocenters. The van der Waals surface area contributed by atoms with Gasteiger partial charge in [0.15, 0.2) is 0 Å². The molecule has 8 heteroatoms. The van der Waals surface area contributed by atoms with Crippen LogP contribution in [0.5, 0.6) is 0 Å². The van der Waals surface area contributed by atoms with E-state index in [9.17, 15) is 13.2 Å². The van der Waals surface area contributed by atoms with Gasteiger partial charge in [-0.05, 0) is 42.7 Å². The van der Waals surface area contributed by atoms with Crippen molar-refractivity contribution < 1.29 is 13.2 Å². The van der Waals surface area contributed by atoms with Crippen LogP contribution in [0.1, 0.15) is 18.4 Å². The topological polar surface area (TPSA) is 78.8 Å². The van der Waals surface area contributed by atoms with E-state index in [1.807, 2.05) is 6.07 Å². The molecule has 1 fully saturated rings. The van der Waals surface area contributed by atoms with Gasteiger partial charge in [0, 0.05) is 24.0 Å². The molecule has 0 radical (unpaired) electrons. The Morgan fingerprint density at radius 2 is 1.81 bits per heavy atom. The number of hydrazone groups is 1. The normalized spacial score (nSPS) is 16.5. The average Bonchev–Trinajstić information content (AvgIpc) is 2.69. The molecule has 1 aliphatic heterocycles. The monoisotopic (exact) mass is 405 g/mol. The first-order valence-corrected chi connectivity index (χ1v) is 10.4. The molecule has 1 saturated heterocycles. The summed E-state index contributed by atoms with van der Waals surface area (Å²) in [4.78, 5) is 12.5. The molecule has 0 bridgehead atoms. The fourth-order valence-electron chi connectivity index (χ4n) is 2.95. The smallest absolute Gasteiger partial charge is 0.243 e. The van der Waals surface area contributed by atoms with Crippen LogP contribution in [0, 0.1) is 5.92 Å². The number of amides is 1. The second kappa shape index (κ2) is 8.65. The van der Waals surface area contributed by atoms with E-state index >= 15 is 0 Å². The third-order valence-corrected chi connectivity index (χ3v) is 6.59. The van der Waals surface area contributed by atoms with Crippen molar-refractivity contribution in [1.29, 1.82) is 0 Å². The fraction of sp³-hybridized carbons (Fsp3) is 0.263. The fourth-order valence-corrected chi connectivity index (χ4v) is 4.64. The second-order valence-corrected chi connectivity index (χ2v) is 8.66. The number of nitrogens with zero attached hydrogens (tertiary/aromatic N) is 2. The zero-order chi connectivity index (χ0) is 19.3. The first kappa shape index (κ1) is 19.5. The molecule has 27 heavy (non-hydrogen) atoms. The van der Waals surface area contributed by atoms with Gasteiger partial charge in [0.05, 0.1) is 11.1 Å². The van der Waals surface area contributed by atoms with Gasteiger partial charge in [0.2, 0.25) is 15.9 Å². The summed E-state index contributed by atoms with van der Waals surface area (Å²) in [7, 11) is -3.51. The highest BCUT2D eigenvalue weighted by atomic mass is 35.5. The molecule has 0 aromatic heterocycles. The van der Waals surface area contributed by atoms with Gasteiger partial charge in [-0.2, -0.15) is 9.41 Å². The average molecular weight is 406 g/mol. The molecule has 0 saturated carbocycles. The number of halogens is 1. The van der Waals surface area contributed by atoms with Crippen molar-refractivity contribution in [2.24, 2.45) is 11.0 Å². The zero-order valence-corrected chi connectivity index (χ0v) is 16.2. The SMILES string of the molecule is O=C(N/N=C\c1cccc(Cl)c1)C1CCN(S(=O)(=O)c2ccccc2)CC1. The highest BCUT2D eigenvalue weighted by molar-refractivity contribution is 7.89. The summed E-state index contributed by atoms with van der Waals surface area (Å²) in [6.07, 6.45) is 2.45. The summed E-state index contributed by atoms with van der Waals surface area (Å²) in [6.45, 7) is 0.626. The summed E-state index contributed by atoms with van der Waals surface area (Å²) in [5.74, 6) is -0.464. The van der Waals surface area contributed by atoms with Gasteiger partial charge in [0.1, 0.15) is 0 Å². The molecule has 1 N–H and O–H groups in total. The minimum absolute atomic E-state index is 0.204. The van der Waals surface area contributed by atoms with Crippen LogP contribution in [0.25, 0.3) is 0 Å². The summed E-state index contributed by atoms with van der Waals surface area (Å²) in [6, 6.07) is 15.5. The number of carbonyl (C=O) groups excluding carboxylic acids is 1. The molecule has 0 unspecified atom stereocenters. The largest absolute Gasteiger partial charge is 0.273 e. The van der Waals surface area contributed by atoms with Crippen LogP contribution in [-0.4, -0.2) is 37.9 Å². The maximum absolute atomic E-state index is 12.6. The predicted molar refractivity (Wildman–Crippen MR) is 105 cm³/mol. The molecule has 2 aromatic rings. The van der Waals surface area contributed by atoms with E-state index < -0.39 is 10.0 Å². The van der Waals surface area contributed by atoms with Crippen LogP contribution in [0.15, 0.2) is 64.6 Å². The Kier molecular flexibility index (Phi) is 6.26. The molecule has 142 valence electrons. The van der Waals surface area contributed by atoms with Crippen molar-refractivity contribution in [2.75, 3.05) is 13.1 Å². The molecule has 0 aliphatic carbocycles. The lowest BCUT2D eigenvalue weighted by Gasteiger charge is -2.30. The van der Waals surface area contributed by atoms with Gasteiger partial charge >= 0.3 is 0 Å². The van der Waals surface area contributed by atoms with E-state index in [0.29, 0.717) is 31.0 Å². The van der Waals surface area contributed by atoms with E-state index in [1.54, 1.807) is 48.5 Å². The van der Waals surface area contributed by atoms with E-state index in [0.717, 1.165) is 5.56 Å². The highest BCUT2D eigenvalue weighted by Gasteiger charge is 2.31. The van der Waals surface area contributed by atoms with Crippen molar-refractivity contribution in [2.45, 2.75) is 17.7 Å². The van der Waals surface area contributed by atoms with Gasteiger partial charge < -0.3 is 0 Å². The molecule has 3 rings (SSSR count). The van der Waals surface area contributed by atoms with Crippen molar-refractivity contribution in [1.82, 2.24) is 9.73 Å². The standard InChI is InChI=1S/C19H20ClN3O3S/c20-17-6-4-5-15(13-17)14-21-22-19(24)16-9-11-23(12-10-16)27(25,26)18-7-2-1-3-8-18/h1-8,13-14,16H,9-12H2,(H,22,24)/b21-14-. The summed E-state index contributed by atoms with van der Waals surface area (Å²) < 4.78 is 26.7. The highest BCUT2D eigenvalue weighted by Crippen LogP contribution is 2.23. The lowest BCUT2D eigenvalue weighted by molar-refractivity contribution is -0.126. The molecule has 0 spiro atoms. The Morgan fingerprint density at radius 3 is 2.48 bits per heavy atom. The second-order valence-electron chi connectivity index (χ2n) is 6.28. The Bertz CT molecular complexity index is 924. The van der Waals surface area contributed by atoms with E-state index in [1.165, 1.54) is 10.5 Å². The lowest BCUT2D eigenvalue weighted by atomic mass is 9.98. The van der Waals surface area contributed by atoms with Crippen molar-refractivity contribution in [3.8, 4) is 0 Å². The number of benzene rings is 2. The van der Waals surface area contributed by atoms with Crippen molar-refractivity contribution >= 4 is 33.7 Å². The Hall–Kier alpha value is -2.22. The Labute approximate surface area is 163 Å². The number of carbonyl (C=O) groups is 1. The summed E-state index contributed by atoms with van der Waals surface area (Å²) >= 11 is 5.90. The van der Waals surface area contributed by atoms with Crippen LogP contribution in [0.4, 0.5) is 0 Å². The van der Waals surface area contributed by atoms with Crippen LogP contribution < -0.4 is 5.43 Å². The third-order valence-electron chi connectivity index (χ3n) is 4.44. The van der Waals surface area contributed by atoms with Crippen LogP contribution >= 0.6 is 11.6 Å². The van der Waals surface area contributed by atoms with Crippen LogP contribution in [-0.2, 0) is 14.8 Å². The van der Waals surface area contributed by atoms with Gasteiger partial charge in [-0.1, -0.05) is 41.9 Å².